The summed E-state index contributed by atoms with van der Waals surface area (Å²) in [6.45, 7) is 4.50. The zero-order valence-electron chi connectivity index (χ0n) is 11.7. The predicted octanol–water partition coefficient (Wildman–Crippen LogP) is 2.72. The van der Waals surface area contributed by atoms with Gasteiger partial charge in [0.25, 0.3) is 0 Å². The summed E-state index contributed by atoms with van der Waals surface area (Å²) < 4.78 is 5.88. The van der Waals surface area contributed by atoms with Gasteiger partial charge in [-0.25, -0.2) is 0 Å². The Balaban J connectivity index is 1.78. The van der Waals surface area contributed by atoms with Gasteiger partial charge < -0.3 is 15.4 Å². The average molecular weight is 274 g/mol. The first-order valence-corrected chi connectivity index (χ1v) is 7.16. The minimum atomic E-state index is -0.0590. The van der Waals surface area contributed by atoms with E-state index in [1.807, 2.05) is 24.3 Å². The van der Waals surface area contributed by atoms with Crippen LogP contribution < -0.4 is 15.4 Å². The van der Waals surface area contributed by atoms with E-state index in [-0.39, 0.29) is 12.5 Å². The van der Waals surface area contributed by atoms with Crippen LogP contribution in [0.25, 0.3) is 0 Å². The Morgan fingerprint density at radius 2 is 2.00 bits per heavy atom. The molecule has 4 nitrogen and oxygen atoms in total. The molecule has 0 radical (unpaired) electrons. The molecule has 0 heterocycles. The minimum absolute atomic E-state index is 0.0590. The average Bonchev–Trinajstić information content (AvgIpc) is 2.94. The molecule has 0 atom stereocenters. The fourth-order valence-electron chi connectivity index (χ4n) is 2.31. The van der Waals surface area contributed by atoms with E-state index >= 15 is 0 Å². The number of hydrogen-bond donors (Lipinski definition) is 2. The highest BCUT2D eigenvalue weighted by Crippen LogP contribution is 2.24. The molecule has 2 rings (SSSR count). The Morgan fingerprint density at radius 1 is 1.30 bits per heavy atom. The van der Waals surface area contributed by atoms with Crippen LogP contribution in [0.1, 0.15) is 25.7 Å². The molecule has 2 N–H and O–H groups in total. The van der Waals surface area contributed by atoms with E-state index in [0.717, 1.165) is 24.3 Å². The smallest absolute Gasteiger partial charge is 0.238 e. The van der Waals surface area contributed by atoms with Crippen molar-refractivity contribution < 1.29 is 9.53 Å². The second-order valence-electron chi connectivity index (χ2n) is 5.02. The van der Waals surface area contributed by atoms with Crippen molar-refractivity contribution in [2.45, 2.75) is 31.8 Å². The number of amides is 1. The standard InChI is InChI=1S/C16H22N2O2/c1-2-11-17-12-16(19)18-13-7-9-15(10-8-13)20-14-5-3-4-6-14/h2,7-10,14,17H,1,3-6,11-12H2,(H,18,19). The first-order chi connectivity index (χ1) is 9.78. The van der Waals surface area contributed by atoms with Crippen LogP contribution in [-0.4, -0.2) is 25.1 Å². The highest BCUT2D eigenvalue weighted by atomic mass is 16.5. The van der Waals surface area contributed by atoms with Crippen molar-refractivity contribution in [3.63, 3.8) is 0 Å². The maximum Gasteiger partial charge on any atom is 0.238 e. The van der Waals surface area contributed by atoms with Crippen LogP contribution >= 0.6 is 0 Å². The molecule has 0 unspecified atom stereocenters. The van der Waals surface area contributed by atoms with Crippen LogP contribution in [-0.2, 0) is 4.79 Å². The molecule has 0 aliphatic heterocycles. The molecule has 1 saturated carbocycles. The highest BCUT2D eigenvalue weighted by molar-refractivity contribution is 5.92. The molecule has 0 spiro atoms. The van der Waals surface area contributed by atoms with E-state index in [2.05, 4.69) is 17.2 Å². The Morgan fingerprint density at radius 3 is 2.65 bits per heavy atom. The van der Waals surface area contributed by atoms with Gasteiger partial charge in [0.1, 0.15) is 5.75 Å². The molecular weight excluding hydrogens is 252 g/mol. The molecule has 1 aliphatic rings. The molecule has 1 aromatic carbocycles. The second kappa shape index (κ2) is 7.70. The van der Waals surface area contributed by atoms with Crippen molar-refractivity contribution in [2.75, 3.05) is 18.4 Å². The Bertz CT molecular complexity index is 436. The van der Waals surface area contributed by atoms with Crippen molar-refractivity contribution >= 4 is 11.6 Å². The van der Waals surface area contributed by atoms with E-state index in [1.54, 1.807) is 6.08 Å². The number of carbonyl (C=O) groups is 1. The lowest BCUT2D eigenvalue weighted by Crippen LogP contribution is -2.28. The summed E-state index contributed by atoms with van der Waals surface area (Å²) in [5.74, 6) is 0.816. The lowest BCUT2D eigenvalue weighted by molar-refractivity contribution is -0.115. The second-order valence-corrected chi connectivity index (χ2v) is 5.02. The molecule has 4 heteroatoms. The van der Waals surface area contributed by atoms with E-state index in [1.165, 1.54) is 12.8 Å². The molecule has 0 saturated heterocycles. The van der Waals surface area contributed by atoms with Gasteiger partial charge in [0.15, 0.2) is 0 Å². The normalized spacial score (nSPS) is 15.0. The van der Waals surface area contributed by atoms with Crippen molar-refractivity contribution in [3.05, 3.63) is 36.9 Å². The fourth-order valence-corrected chi connectivity index (χ4v) is 2.31. The van der Waals surface area contributed by atoms with E-state index < -0.39 is 0 Å². The first-order valence-electron chi connectivity index (χ1n) is 7.16. The van der Waals surface area contributed by atoms with Gasteiger partial charge in [0.05, 0.1) is 12.6 Å². The summed E-state index contributed by atoms with van der Waals surface area (Å²) in [7, 11) is 0. The molecule has 1 fully saturated rings. The quantitative estimate of drug-likeness (QED) is 0.594. The minimum Gasteiger partial charge on any atom is -0.490 e. The summed E-state index contributed by atoms with van der Waals surface area (Å²) in [5, 5.41) is 5.79. The predicted molar refractivity (Wildman–Crippen MR) is 81.0 cm³/mol. The van der Waals surface area contributed by atoms with Gasteiger partial charge in [-0.15, -0.1) is 6.58 Å². The third-order valence-corrected chi connectivity index (χ3v) is 3.32. The van der Waals surface area contributed by atoms with Crippen LogP contribution in [0.15, 0.2) is 36.9 Å². The van der Waals surface area contributed by atoms with Crippen molar-refractivity contribution in [3.8, 4) is 5.75 Å². The summed E-state index contributed by atoms with van der Waals surface area (Å²) in [4.78, 5) is 11.6. The summed E-state index contributed by atoms with van der Waals surface area (Å²) in [6.07, 6.45) is 6.90. The van der Waals surface area contributed by atoms with Gasteiger partial charge in [-0.2, -0.15) is 0 Å². The molecule has 0 aromatic heterocycles. The SMILES string of the molecule is C=CCNCC(=O)Nc1ccc(OC2CCCC2)cc1. The van der Waals surface area contributed by atoms with Gasteiger partial charge in [-0.1, -0.05) is 6.08 Å². The lowest BCUT2D eigenvalue weighted by atomic mass is 10.2. The summed E-state index contributed by atoms with van der Waals surface area (Å²) >= 11 is 0. The number of rotatable bonds is 7. The van der Waals surface area contributed by atoms with Gasteiger partial charge in [0, 0.05) is 12.2 Å². The van der Waals surface area contributed by atoms with Crippen molar-refractivity contribution in [1.29, 1.82) is 0 Å². The van der Waals surface area contributed by atoms with Gasteiger partial charge in [0.2, 0.25) is 5.91 Å². The van der Waals surface area contributed by atoms with Gasteiger partial charge >= 0.3 is 0 Å². The number of ether oxygens (including phenoxy) is 1. The number of hydrogen-bond acceptors (Lipinski definition) is 3. The van der Waals surface area contributed by atoms with Crippen LogP contribution in [0.3, 0.4) is 0 Å². The fraction of sp³-hybridized carbons (Fsp3) is 0.438. The molecule has 1 amide bonds. The Labute approximate surface area is 120 Å². The van der Waals surface area contributed by atoms with E-state index in [4.69, 9.17) is 4.74 Å². The zero-order valence-corrected chi connectivity index (χ0v) is 11.7. The largest absolute Gasteiger partial charge is 0.490 e. The van der Waals surface area contributed by atoms with Gasteiger partial charge in [-0.3, -0.25) is 4.79 Å². The number of carbonyl (C=O) groups excluding carboxylic acids is 1. The number of benzene rings is 1. The summed E-state index contributed by atoms with van der Waals surface area (Å²) in [6, 6.07) is 7.56. The van der Waals surface area contributed by atoms with E-state index in [0.29, 0.717) is 12.6 Å². The van der Waals surface area contributed by atoms with Crippen molar-refractivity contribution in [1.82, 2.24) is 5.32 Å². The Kier molecular flexibility index (Phi) is 5.62. The zero-order chi connectivity index (χ0) is 14.2. The highest BCUT2D eigenvalue weighted by Gasteiger charge is 2.16. The molecule has 1 aromatic rings. The van der Waals surface area contributed by atoms with E-state index in [9.17, 15) is 4.79 Å². The first kappa shape index (κ1) is 14.6. The maximum absolute atomic E-state index is 11.6. The number of anilines is 1. The molecule has 1 aliphatic carbocycles. The summed E-state index contributed by atoms with van der Waals surface area (Å²) in [5.41, 5.74) is 0.786. The van der Waals surface area contributed by atoms with Crippen LogP contribution in [0.5, 0.6) is 5.75 Å². The molecule has 0 bridgehead atoms. The molecule has 20 heavy (non-hydrogen) atoms. The topological polar surface area (TPSA) is 50.4 Å². The molecule has 108 valence electrons. The monoisotopic (exact) mass is 274 g/mol. The maximum atomic E-state index is 11.6. The third-order valence-electron chi connectivity index (χ3n) is 3.32. The van der Waals surface area contributed by atoms with Gasteiger partial charge in [-0.05, 0) is 49.9 Å². The third kappa shape index (κ3) is 4.70. The Hall–Kier alpha value is -1.81. The van der Waals surface area contributed by atoms with Crippen LogP contribution in [0, 0.1) is 0 Å². The number of nitrogens with one attached hydrogen (secondary N) is 2. The van der Waals surface area contributed by atoms with Crippen molar-refractivity contribution in [2.24, 2.45) is 0 Å². The lowest BCUT2D eigenvalue weighted by Gasteiger charge is -2.13. The molecular formula is C16H22N2O2. The van der Waals surface area contributed by atoms with Crippen LogP contribution in [0.2, 0.25) is 0 Å². The van der Waals surface area contributed by atoms with Crippen LogP contribution in [0.4, 0.5) is 5.69 Å².